The van der Waals surface area contributed by atoms with E-state index in [1.54, 1.807) is 73.7 Å². The van der Waals surface area contributed by atoms with Gasteiger partial charge in [0.25, 0.3) is 0 Å². The summed E-state index contributed by atoms with van der Waals surface area (Å²) in [5.41, 5.74) is 1.70. The summed E-state index contributed by atoms with van der Waals surface area (Å²) in [5, 5.41) is 6.79. The number of benzene rings is 3. The first-order chi connectivity index (χ1) is 18.2. The SMILES string of the molecule is CCOC(=O)C(CC(=O)C(F)(F)Sc1ncc(Br)n1-c1ccc(C#N)c2ccccc12)Cc1ccccc1. The van der Waals surface area contributed by atoms with Crippen LogP contribution in [-0.2, 0) is 20.7 Å². The highest BCUT2D eigenvalue weighted by atomic mass is 79.9. The van der Waals surface area contributed by atoms with Crippen LogP contribution in [0.15, 0.2) is 82.7 Å². The van der Waals surface area contributed by atoms with E-state index >= 15 is 8.78 Å². The lowest BCUT2D eigenvalue weighted by Crippen LogP contribution is -2.31. The minimum Gasteiger partial charge on any atom is -0.466 e. The topological polar surface area (TPSA) is 85.0 Å². The minimum atomic E-state index is -3.87. The smallest absolute Gasteiger partial charge is 0.358 e. The molecule has 0 fully saturated rings. The lowest BCUT2D eigenvalue weighted by Gasteiger charge is -2.20. The van der Waals surface area contributed by atoms with Gasteiger partial charge < -0.3 is 4.74 Å². The van der Waals surface area contributed by atoms with Crippen molar-refractivity contribution in [3.8, 4) is 11.8 Å². The average molecular weight is 598 g/mol. The number of hydrogen-bond acceptors (Lipinski definition) is 6. The molecule has 0 aliphatic heterocycles. The van der Waals surface area contributed by atoms with Gasteiger partial charge in [0.2, 0.25) is 5.78 Å². The molecule has 0 saturated heterocycles. The summed E-state index contributed by atoms with van der Waals surface area (Å²) in [4.78, 5) is 29.5. The van der Waals surface area contributed by atoms with Crippen LogP contribution < -0.4 is 0 Å². The number of hydrogen-bond donors (Lipinski definition) is 0. The second kappa shape index (κ2) is 11.9. The molecule has 10 heteroatoms. The van der Waals surface area contributed by atoms with Crippen LogP contribution in [0, 0.1) is 17.2 Å². The van der Waals surface area contributed by atoms with E-state index in [1.807, 2.05) is 0 Å². The van der Waals surface area contributed by atoms with Gasteiger partial charge in [-0.3, -0.25) is 14.2 Å². The molecule has 1 atom stereocenters. The number of fused-ring (bicyclic) bond motifs is 1. The lowest BCUT2D eigenvalue weighted by molar-refractivity contribution is -0.151. The molecule has 4 aromatic rings. The Morgan fingerprint density at radius 1 is 1.11 bits per heavy atom. The number of thioether (sulfide) groups is 1. The summed E-state index contributed by atoms with van der Waals surface area (Å²) < 4.78 is 37.6. The molecule has 6 nitrogen and oxygen atoms in total. The van der Waals surface area contributed by atoms with E-state index in [0.717, 1.165) is 5.56 Å². The molecule has 0 saturated carbocycles. The number of ketones is 1. The van der Waals surface area contributed by atoms with Gasteiger partial charge in [0.05, 0.1) is 36.0 Å². The van der Waals surface area contributed by atoms with Crippen LogP contribution in [-0.4, -0.2) is 33.2 Å². The Morgan fingerprint density at radius 2 is 1.79 bits per heavy atom. The van der Waals surface area contributed by atoms with Crippen molar-refractivity contribution in [3.63, 3.8) is 0 Å². The van der Waals surface area contributed by atoms with Crippen molar-refractivity contribution < 1.29 is 23.1 Å². The molecule has 0 spiro atoms. The summed E-state index contributed by atoms with van der Waals surface area (Å²) in [6.45, 7) is 1.70. The zero-order valence-corrected chi connectivity index (χ0v) is 22.6. The van der Waals surface area contributed by atoms with Crippen LogP contribution in [0.25, 0.3) is 16.5 Å². The predicted octanol–water partition coefficient (Wildman–Crippen LogP) is 6.73. The fourth-order valence-corrected chi connectivity index (χ4v) is 5.49. The van der Waals surface area contributed by atoms with Crippen LogP contribution in [0.4, 0.5) is 8.78 Å². The molecular formula is C28H22BrF2N3O3S. The maximum atomic E-state index is 15.3. The number of ether oxygens (including phenoxy) is 1. The normalized spacial score (nSPS) is 12.2. The van der Waals surface area contributed by atoms with Crippen molar-refractivity contribution in [3.05, 3.63) is 88.7 Å². The average Bonchev–Trinajstić information content (AvgIpc) is 3.26. The van der Waals surface area contributed by atoms with Gasteiger partial charge in [-0.1, -0.05) is 54.6 Å². The molecular weight excluding hydrogens is 576 g/mol. The number of aromatic nitrogens is 2. The summed E-state index contributed by atoms with van der Waals surface area (Å²) in [5.74, 6) is -3.14. The zero-order chi connectivity index (χ0) is 27.3. The first-order valence-electron chi connectivity index (χ1n) is 11.7. The molecule has 1 unspecified atom stereocenters. The first kappa shape index (κ1) is 27.5. The molecule has 194 valence electrons. The third-order valence-corrected chi connectivity index (χ3v) is 7.38. The minimum absolute atomic E-state index is 0.0100. The number of esters is 1. The van der Waals surface area contributed by atoms with Crippen molar-refractivity contribution in [2.75, 3.05) is 6.61 Å². The Labute approximate surface area is 230 Å². The summed E-state index contributed by atoms with van der Waals surface area (Å²) in [6.07, 6.45) is 0.783. The molecule has 0 aliphatic carbocycles. The van der Waals surface area contributed by atoms with E-state index in [9.17, 15) is 14.9 Å². The molecule has 3 aromatic carbocycles. The fraction of sp³-hybridized carbons (Fsp3) is 0.214. The first-order valence-corrected chi connectivity index (χ1v) is 13.3. The fourth-order valence-electron chi connectivity index (χ4n) is 4.09. The van der Waals surface area contributed by atoms with Gasteiger partial charge in [-0.05, 0) is 58.7 Å². The van der Waals surface area contributed by atoms with Crippen molar-refractivity contribution in [2.24, 2.45) is 5.92 Å². The van der Waals surface area contributed by atoms with Crippen LogP contribution in [0.2, 0.25) is 0 Å². The second-order valence-corrected chi connectivity index (χ2v) is 10.3. The molecule has 1 aromatic heterocycles. The number of nitriles is 1. The van der Waals surface area contributed by atoms with Crippen LogP contribution in [0.5, 0.6) is 0 Å². The Balaban J connectivity index is 1.62. The van der Waals surface area contributed by atoms with E-state index in [0.29, 0.717) is 26.6 Å². The van der Waals surface area contributed by atoms with Crippen LogP contribution >= 0.6 is 27.7 Å². The Bertz CT molecular complexity index is 1520. The number of carbonyl (C=O) groups excluding carboxylic acids is 2. The maximum absolute atomic E-state index is 15.3. The van der Waals surface area contributed by atoms with Crippen molar-refractivity contribution in [1.82, 2.24) is 9.55 Å². The number of nitrogens with zero attached hydrogens (tertiary/aromatic N) is 3. The van der Waals surface area contributed by atoms with E-state index in [1.165, 1.54) is 10.8 Å². The van der Waals surface area contributed by atoms with E-state index in [4.69, 9.17) is 4.74 Å². The second-order valence-electron chi connectivity index (χ2n) is 8.37. The number of halogens is 3. The van der Waals surface area contributed by atoms with E-state index < -0.39 is 29.3 Å². The molecule has 38 heavy (non-hydrogen) atoms. The quantitative estimate of drug-likeness (QED) is 0.149. The highest BCUT2D eigenvalue weighted by Gasteiger charge is 2.43. The molecule has 0 aliphatic rings. The molecule has 0 amide bonds. The van der Waals surface area contributed by atoms with E-state index in [2.05, 4.69) is 27.0 Å². The Kier molecular flexibility index (Phi) is 8.59. The van der Waals surface area contributed by atoms with Gasteiger partial charge in [-0.2, -0.15) is 14.0 Å². The molecule has 0 N–H and O–H groups in total. The molecule has 1 heterocycles. The third kappa shape index (κ3) is 5.95. The van der Waals surface area contributed by atoms with Crippen molar-refractivity contribution >= 4 is 50.2 Å². The molecule has 4 rings (SSSR count). The lowest BCUT2D eigenvalue weighted by atomic mass is 9.94. The summed E-state index contributed by atoms with van der Waals surface area (Å²) in [6, 6.07) is 21.4. The number of imidazole rings is 1. The highest BCUT2D eigenvalue weighted by molar-refractivity contribution is 9.10. The monoisotopic (exact) mass is 597 g/mol. The van der Waals surface area contributed by atoms with Gasteiger partial charge in [-0.25, -0.2) is 4.98 Å². The van der Waals surface area contributed by atoms with Gasteiger partial charge in [0.1, 0.15) is 4.60 Å². The van der Waals surface area contributed by atoms with Crippen molar-refractivity contribution in [2.45, 2.75) is 30.2 Å². The highest BCUT2D eigenvalue weighted by Crippen LogP contribution is 2.41. The Hall–Kier alpha value is -3.55. The van der Waals surface area contributed by atoms with E-state index in [-0.39, 0.29) is 29.9 Å². The summed E-state index contributed by atoms with van der Waals surface area (Å²) in [7, 11) is 0. The Morgan fingerprint density at radius 3 is 2.47 bits per heavy atom. The van der Waals surface area contributed by atoms with Gasteiger partial charge in [-0.15, -0.1) is 0 Å². The van der Waals surface area contributed by atoms with Crippen molar-refractivity contribution in [1.29, 1.82) is 5.26 Å². The van der Waals surface area contributed by atoms with Gasteiger partial charge >= 0.3 is 11.2 Å². The molecule has 0 radical (unpaired) electrons. The van der Waals surface area contributed by atoms with Crippen LogP contribution in [0.1, 0.15) is 24.5 Å². The standard InChI is InChI=1S/C28H22BrF2N3O3S/c1-2-37-26(36)20(14-18-8-4-3-5-9-18)15-24(35)28(30,31)38-27-33-17-25(29)34(27)23-13-12-19(16-32)21-10-6-7-11-22(21)23/h3-13,17,20H,2,14-15H2,1H3. The van der Waals surface area contributed by atoms with Crippen LogP contribution in [0.3, 0.4) is 0 Å². The number of Topliss-reactive ketones (excluding diaryl/α,β-unsaturated/α-hetero) is 1. The molecule has 0 bridgehead atoms. The zero-order valence-electron chi connectivity index (χ0n) is 20.2. The van der Waals surface area contributed by atoms with Gasteiger partial charge in [0.15, 0.2) is 5.16 Å². The summed E-state index contributed by atoms with van der Waals surface area (Å²) >= 11 is 3.37. The maximum Gasteiger partial charge on any atom is 0.358 e. The predicted molar refractivity (Wildman–Crippen MR) is 144 cm³/mol. The number of alkyl halides is 2. The number of carbonyl (C=O) groups is 2. The largest absolute Gasteiger partial charge is 0.466 e. The third-order valence-electron chi connectivity index (χ3n) is 5.87. The number of rotatable bonds is 10. The van der Waals surface area contributed by atoms with Gasteiger partial charge in [0, 0.05) is 17.2 Å².